The molecule has 2 nitrogen and oxygen atoms in total. The van der Waals surface area contributed by atoms with Crippen LogP contribution in [0.5, 0.6) is 0 Å². The van der Waals surface area contributed by atoms with Crippen LogP contribution in [-0.4, -0.2) is 13.3 Å². The first-order valence-corrected chi connectivity index (χ1v) is 5.22. The Labute approximate surface area is 85.0 Å². The zero-order chi connectivity index (χ0) is 9.80. The lowest BCUT2D eigenvalue weighted by Crippen LogP contribution is -2.03. The molecule has 2 heteroatoms. The van der Waals surface area contributed by atoms with Crippen molar-refractivity contribution in [3.8, 4) is 0 Å². The van der Waals surface area contributed by atoms with Gasteiger partial charge in [0.2, 0.25) is 0 Å². The number of rotatable bonds is 2. The highest BCUT2D eigenvalue weighted by Crippen LogP contribution is 2.21. The van der Waals surface area contributed by atoms with Crippen LogP contribution in [0.4, 0.5) is 0 Å². The van der Waals surface area contributed by atoms with Crippen molar-refractivity contribution >= 4 is 6.21 Å². The molecular formula is C12H16N2. The monoisotopic (exact) mass is 188 g/mol. The maximum Gasteiger partial charge on any atom is 0.0540 e. The predicted molar refractivity (Wildman–Crippen MR) is 59.7 cm³/mol. The molecule has 14 heavy (non-hydrogen) atoms. The van der Waals surface area contributed by atoms with Gasteiger partial charge in [0.25, 0.3) is 0 Å². The van der Waals surface area contributed by atoms with Crippen LogP contribution in [-0.2, 0) is 12.8 Å². The summed E-state index contributed by atoms with van der Waals surface area (Å²) < 4.78 is 0. The number of hydrogen-bond donors (Lipinski definition) is 1. The summed E-state index contributed by atoms with van der Waals surface area (Å²) in [4.78, 5) is 0. The average Bonchev–Trinajstić information content (AvgIpc) is 2.26. The molecule has 0 amide bonds. The lowest BCUT2D eigenvalue weighted by Gasteiger charge is -2.15. The molecule has 0 fully saturated rings. The van der Waals surface area contributed by atoms with Gasteiger partial charge in [-0.15, -0.1) is 0 Å². The number of aryl methyl sites for hydroxylation is 2. The van der Waals surface area contributed by atoms with Crippen LogP contribution in [0.25, 0.3) is 0 Å². The standard InChI is InChI=1S/C12H16N2/c1-13-14-9-10-6-7-11-4-2-3-5-12(11)8-10/h6-9,13H,2-5H2,1H3. The molecule has 1 aliphatic carbocycles. The molecule has 1 aromatic rings. The lowest BCUT2D eigenvalue weighted by atomic mass is 9.90. The second kappa shape index (κ2) is 4.27. The molecule has 0 heterocycles. The second-order valence-electron chi connectivity index (χ2n) is 3.72. The molecule has 0 spiro atoms. The van der Waals surface area contributed by atoms with Gasteiger partial charge >= 0.3 is 0 Å². The Bertz CT molecular complexity index is 342. The minimum Gasteiger partial charge on any atom is -0.313 e. The number of nitrogens with zero attached hydrogens (tertiary/aromatic N) is 1. The van der Waals surface area contributed by atoms with E-state index < -0.39 is 0 Å². The van der Waals surface area contributed by atoms with Crippen molar-refractivity contribution in [2.45, 2.75) is 25.7 Å². The van der Waals surface area contributed by atoms with E-state index in [1.807, 2.05) is 13.3 Å². The fraction of sp³-hybridized carbons (Fsp3) is 0.417. The Balaban J connectivity index is 2.24. The van der Waals surface area contributed by atoms with Gasteiger partial charge in [-0.2, -0.15) is 5.10 Å². The first-order chi connectivity index (χ1) is 6.90. The van der Waals surface area contributed by atoms with Gasteiger partial charge in [-0.3, -0.25) is 0 Å². The highest BCUT2D eigenvalue weighted by molar-refractivity contribution is 5.79. The highest BCUT2D eigenvalue weighted by Gasteiger charge is 2.08. The molecule has 1 aromatic carbocycles. The normalized spacial score (nSPS) is 15.5. The van der Waals surface area contributed by atoms with Crippen molar-refractivity contribution in [2.24, 2.45) is 5.10 Å². The van der Waals surface area contributed by atoms with Crippen molar-refractivity contribution in [1.82, 2.24) is 5.43 Å². The van der Waals surface area contributed by atoms with Crippen molar-refractivity contribution in [3.05, 3.63) is 34.9 Å². The van der Waals surface area contributed by atoms with Crippen LogP contribution >= 0.6 is 0 Å². The van der Waals surface area contributed by atoms with E-state index in [1.54, 1.807) is 0 Å². The molecule has 0 saturated heterocycles. The number of nitrogens with one attached hydrogen (secondary N) is 1. The fourth-order valence-electron chi connectivity index (χ4n) is 1.97. The highest BCUT2D eigenvalue weighted by atomic mass is 15.3. The van der Waals surface area contributed by atoms with Gasteiger partial charge in [-0.05, 0) is 48.4 Å². The second-order valence-corrected chi connectivity index (χ2v) is 3.72. The maximum absolute atomic E-state index is 4.02. The average molecular weight is 188 g/mol. The molecule has 0 aromatic heterocycles. The summed E-state index contributed by atoms with van der Waals surface area (Å²) in [5.41, 5.74) is 7.00. The largest absolute Gasteiger partial charge is 0.313 e. The van der Waals surface area contributed by atoms with Gasteiger partial charge in [-0.25, -0.2) is 0 Å². The van der Waals surface area contributed by atoms with Gasteiger partial charge in [0.1, 0.15) is 0 Å². The van der Waals surface area contributed by atoms with Gasteiger partial charge < -0.3 is 5.43 Å². The topological polar surface area (TPSA) is 24.4 Å². The van der Waals surface area contributed by atoms with Gasteiger partial charge in [-0.1, -0.05) is 12.1 Å². The predicted octanol–water partition coefficient (Wildman–Crippen LogP) is 2.12. The van der Waals surface area contributed by atoms with E-state index in [-0.39, 0.29) is 0 Å². The number of hydrogen-bond acceptors (Lipinski definition) is 2. The Kier molecular flexibility index (Phi) is 2.82. The maximum atomic E-state index is 4.02. The molecular weight excluding hydrogens is 172 g/mol. The number of fused-ring (bicyclic) bond motifs is 1. The van der Waals surface area contributed by atoms with Gasteiger partial charge in [0.05, 0.1) is 6.21 Å². The smallest absolute Gasteiger partial charge is 0.0540 e. The lowest BCUT2D eigenvalue weighted by molar-refractivity contribution is 0.685. The van der Waals surface area contributed by atoms with E-state index in [1.165, 1.54) is 42.4 Å². The van der Waals surface area contributed by atoms with Gasteiger partial charge in [0, 0.05) is 7.05 Å². The summed E-state index contributed by atoms with van der Waals surface area (Å²) in [7, 11) is 1.81. The summed E-state index contributed by atoms with van der Waals surface area (Å²) in [6.07, 6.45) is 7.03. The third kappa shape index (κ3) is 1.95. The summed E-state index contributed by atoms with van der Waals surface area (Å²) in [5.74, 6) is 0. The summed E-state index contributed by atoms with van der Waals surface area (Å²) in [6, 6.07) is 6.64. The Morgan fingerprint density at radius 1 is 1.21 bits per heavy atom. The van der Waals surface area contributed by atoms with E-state index in [9.17, 15) is 0 Å². The van der Waals surface area contributed by atoms with Crippen LogP contribution in [0.3, 0.4) is 0 Å². The summed E-state index contributed by atoms with van der Waals surface area (Å²) >= 11 is 0. The van der Waals surface area contributed by atoms with Crippen LogP contribution in [0.2, 0.25) is 0 Å². The van der Waals surface area contributed by atoms with Crippen molar-refractivity contribution < 1.29 is 0 Å². The molecule has 1 N–H and O–H groups in total. The van der Waals surface area contributed by atoms with Crippen molar-refractivity contribution in [2.75, 3.05) is 7.05 Å². The van der Waals surface area contributed by atoms with E-state index in [2.05, 4.69) is 28.7 Å². The quantitative estimate of drug-likeness (QED) is 0.558. The molecule has 74 valence electrons. The molecule has 0 radical (unpaired) electrons. The molecule has 0 saturated carbocycles. The Morgan fingerprint density at radius 3 is 2.79 bits per heavy atom. The van der Waals surface area contributed by atoms with E-state index in [4.69, 9.17) is 0 Å². The van der Waals surface area contributed by atoms with Crippen LogP contribution in [0.1, 0.15) is 29.5 Å². The first kappa shape index (κ1) is 9.25. The van der Waals surface area contributed by atoms with E-state index in [0.717, 1.165) is 0 Å². The minimum atomic E-state index is 1.19. The van der Waals surface area contributed by atoms with Crippen molar-refractivity contribution in [1.29, 1.82) is 0 Å². The molecule has 0 atom stereocenters. The molecule has 0 aliphatic heterocycles. The third-order valence-corrected chi connectivity index (χ3v) is 2.72. The van der Waals surface area contributed by atoms with E-state index >= 15 is 0 Å². The Morgan fingerprint density at radius 2 is 2.00 bits per heavy atom. The van der Waals surface area contributed by atoms with E-state index in [0.29, 0.717) is 0 Å². The SMILES string of the molecule is CNN=Cc1ccc2c(c1)CCCC2. The van der Waals surface area contributed by atoms with Crippen LogP contribution in [0.15, 0.2) is 23.3 Å². The van der Waals surface area contributed by atoms with Crippen LogP contribution in [0, 0.1) is 0 Å². The molecule has 2 rings (SSSR count). The zero-order valence-electron chi connectivity index (χ0n) is 8.59. The van der Waals surface area contributed by atoms with Gasteiger partial charge in [0.15, 0.2) is 0 Å². The zero-order valence-corrected chi connectivity index (χ0v) is 8.59. The molecule has 1 aliphatic rings. The van der Waals surface area contributed by atoms with Crippen molar-refractivity contribution in [3.63, 3.8) is 0 Å². The third-order valence-electron chi connectivity index (χ3n) is 2.72. The Hall–Kier alpha value is -1.31. The molecule has 0 unspecified atom stereocenters. The number of benzene rings is 1. The fourth-order valence-corrected chi connectivity index (χ4v) is 1.97. The summed E-state index contributed by atoms with van der Waals surface area (Å²) in [5, 5.41) is 4.02. The van der Waals surface area contributed by atoms with Crippen LogP contribution < -0.4 is 5.43 Å². The number of hydrazone groups is 1. The summed E-state index contributed by atoms with van der Waals surface area (Å²) in [6.45, 7) is 0. The first-order valence-electron chi connectivity index (χ1n) is 5.22. The molecule has 0 bridgehead atoms. The minimum absolute atomic E-state index is 1.19.